The molecule has 1 atom stereocenters. The van der Waals surface area contributed by atoms with E-state index in [1.807, 2.05) is 9.80 Å². The van der Waals surface area contributed by atoms with Gasteiger partial charge in [-0.25, -0.2) is 13.9 Å². The number of halogens is 1. The van der Waals surface area contributed by atoms with E-state index < -0.39 is 0 Å². The molecule has 0 radical (unpaired) electrons. The lowest BCUT2D eigenvalue weighted by Gasteiger charge is -2.29. The second kappa shape index (κ2) is 7.50. The number of rotatable bonds is 3. The molecule has 0 aliphatic carbocycles. The van der Waals surface area contributed by atoms with Crippen LogP contribution in [-0.2, 0) is 6.54 Å². The van der Waals surface area contributed by atoms with E-state index in [0.717, 1.165) is 50.9 Å². The Balaban J connectivity index is 1.54. The predicted molar refractivity (Wildman–Crippen MR) is 99.8 cm³/mol. The number of amides is 2. The predicted octanol–water partition coefficient (Wildman–Crippen LogP) is 2.73. The van der Waals surface area contributed by atoms with Crippen LogP contribution in [0.25, 0.3) is 11.3 Å². The van der Waals surface area contributed by atoms with Gasteiger partial charge in [0, 0.05) is 31.3 Å². The molecule has 142 valence electrons. The number of carbonyl (C=O) groups excluding carboxylic acids is 1. The Morgan fingerprint density at radius 3 is 2.52 bits per heavy atom. The van der Waals surface area contributed by atoms with Crippen molar-refractivity contribution in [3.8, 4) is 11.3 Å². The third kappa shape index (κ3) is 3.72. The lowest BCUT2D eigenvalue weighted by Crippen LogP contribution is -2.46. The zero-order valence-electron chi connectivity index (χ0n) is 15.2. The molecule has 0 N–H and O–H groups in total. The number of urea groups is 1. The molecule has 2 aliphatic rings. The molecule has 0 unspecified atom stereocenters. The molecule has 6 nitrogen and oxygen atoms in total. The number of benzene rings is 1. The molecule has 4 rings (SSSR count). The van der Waals surface area contributed by atoms with E-state index >= 15 is 0 Å². The highest BCUT2D eigenvalue weighted by Crippen LogP contribution is 2.22. The molecule has 0 saturated carbocycles. The minimum Gasteiger partial charge on any atom is -0.325 e. The normalized spacial score (nSPS) is 19.7. The van der Waals surface area contributed by atoms with Crippen molar-refractivity contribution in [3.63, 3.8) is 0 Å². The van der Waals surface area contributed by atoms with Crippen LogP contribution in [-0.4, -0.2) is 51.3 Å². The summed E-state index contributed by atoms with van der Waals surface area (Å²) < 4.78 is 14.6. The van der Waals surface area contributed by atoms with E-state index in [9.17, 15) is 14.0 Å². The van der Waals surface area contributed by atoms with Crippen LogP contribution >= 0.6 is 0 Å². The summed E-state index contributed by atoms with van der Waals surface area (Å²) in [5.41, 5.74) is 1.17. The van der Waals surface area contributed by atoms with Gasteiger partial charge in [0.2, 0.25) is 0 Å². The summed E-state index contributed by atoms with van der Waals surface area (Å²) in [6.07, 6.45) is 3.93. The fourth-order valence-corrected chi connectivity index (χ4v) is 3.92. The highest BCUT2D eigenvalue weighted by Gasteiger charge is 2.33. The number of hydrogen-bond acceptors (Lipinski definition) is 3. The molecule has 0 spiro atoms. The van der Waals surface area contributed by atoms with Crippen molar-refractivity contribution in [2.45, 2.75) is 38.3 Å². The maximum atomic E-state index is 13.1. The van der Waals surface area contributed by atoms with Crippen molar-refractivity contribution < 1.29 is 9.18 Å². The zero-order valence-corrected chi connectivity index (χ0v) is 15.2. The smallest absolute Gasteiger partial charge is 0.320 e. The molecular formula is C20H23FN4O2. The van der Waals surface area contributed by atoms with Gasteiger partial charge >= 0.3 is 6.03 Å². The van der Waals surface area contributed by atoms with Gasteiger partial charge in [-0.15, -0.1) is 0 Å². The van der Waals surface area contributed by atoms with Crippen LogP contribution in [0.15, 0.2) is 41.2 Å². The Kier molecular flexibility index (Phi) is 4.92. The molecule has 1 aromatic heterocycles. The van der Waals surface area contributed by atoms with Crippen molar-refractivity contribution in [1.29, 1.82) is 0 Å². The summed E-state index contributed by atoms with van der Waals surface area (Å²) in [6.45, 7) is 2.75. The van der Waals surface area contributed by atoms with Gasteiger partial charge in [0.25, 0.3) is 5.56 Å². The molecule has 2 amide bonds. The first-order valence-electron chi connectivity index (χ1n) is 9.51. The van der Waals surface area contributed by atoms with Crippen LogP contribution in [0.4, 0.5) is 9.18 Å². The van der Waals surface area contributed by atoms with Crippen LogP contribution in [0.5, 0.6) is 0 Å². The number of hydrogen-bond donors (Lipinski definition) is 0. The second-order valence-electron chi connectivity index (χ2n) is 7.21. The van der Waals surface area contributed by atoms with Gasteiger partial charge in [0.05, 0.1) is 18.3 Å². The van der Waals surface area contributed by atoms with E-state index in [1.54, 1.807) is 18.2 Å². The van der Waals surface area contributed by atoms with Crippen molar-refractivity contribution >= 4 is 6.03 Å². The van der Waals surface area contributed by atoms with Gasteiger partial charge in [0.15, 0.2) is 0 Å². The van der Waals surface area contributed by atoms with Crippen LogP contribution in [0, 0.1) is 5.82 Å². The Bertz CT molecular complexity index is 874. The van der Waals surface area contributed by atoms with E-state index in [4.69, 9.17) is 0 Å². The van der Waals surface area contributed by atoms with Crippen LogP contribution in [0.2, 0.25) is 0 Å². The fourth-order valence-electron chi connectivity index (χ4n) is 3.92. The van der Waals surface area contributed by atoms with Crippen molar-refractivity contribution in [2.24, 2.45) is 0 Å². The quantitative estimate of drug-likeness (QED) is 0.835. The average Bonchev–Trinajstić information content (AvgIpc) is 3.36. The van der Waals surface area contributed by atoms with E-state index in [2.05, 4.69) is 5.10 Å². The molecule has 2 aromatic rings. The van der Waals surface area contributed by atoms with Gasteiger partial charge < -0.3 is 9.80 Å². The zero-order chi connectivity index (χ0) is 18.8. The topological polar surface area (TPSA) is 58.4 Å². The van der Waals surface area contributed by atoms with Crippen LogP contribution < -0.4 is 5.56 Å². The third-order valence-electron chi connectivity index (χ3n) is 5.39. The monoisotopic (exact) mass is 370 g/mol. The molecule has 7 heteroatoms. The lowest BCUT2D eigenvalue weighted by molar-refractivity contribution is 0.151. The highest BCUT2D eigenvalue weighted by molar-refractivity contribution is 5.75. The Hall–Kier alpha value is -2.70. The Morgan fingerprint density at radius 1 is 1.04 bits per heavy atom. The summed E-state index contributed by atoms with van der Waals surface area (Å²) in [4.78, 5) is 28.9. The van der Waals surface area contributed by atoms with Gasteiger partial charge in [0.1, 0.15) is 5.82 Å². The Labute approximate surface area is 157 Å². The van der Waals surface area contributed by atoms with Crippen LogP contribution in [0.1, 0.15) is 25.7 Å². The first kappa shape index (κ1) is 17.7. The highest BCUT2D eigenvalue weighted by atomic mass is 19.1. The molecule has 1 aromatic carbocycles. The molecule has 2 fully saturated rings. The number of carbonyl (C=O) groups is 1. The average molecular weight is 370 g/mol. The van der Waals surface area contributed by atoms with E-state index in [1.165, 1.54) is 22.9 Å². The van der Waals surface area contributed by atoms with Gasteiger partial charge in [-0.1, -0.05) is 0 Å². The van der Waals surface area contributed by atoms with Crippen molar-refractivity contribution in [2.75, 3.05) is 19.6 Å². The minimum atomic E-state index is -0.311. The SMILES string of the molecule is O=C(N1CCCC1)N1CCC[C@H]1Cn1nc(-c2ccc(F)cc2)ccc1=O. The fraction of sp³-hybridized carbons (Fsp3) is 0.450. The lowest BCUT2D eigenvalue weighted by atomic mass is 10.1. The molecule has 27 heavy (non-hydrogen) atoms. The minimum absolute atomic E-state index is 0.0215. The molecule has 3 heterocycles. The van der Waals surface area contributed by atoms with Crippen molar-refractivity contribution in [3.05, 3.63) is 52.6 Å². The summed E-state index contributed by atoms with van der Waals surface area (Å²) in [6, 6.07) is 9.22. The molecule has 2 aliphatic heterocycles. The van der Waals surface area contributed by atoms with Gasteiger partial charge in [-0.3, -0.25) is 4.79 Å². The van der Waals surface area contributed by atoms with Crippen LogP contribution in [0.3, 0.4) is 0 Å². The van der Waals surface area contributed by atoms with Gasteiger partial charge in [-0.05, 0) is 56.0 Å². The number of nitrogens with zero attached hydrogens (tertiary/aromatic N) is 4. The Morgan fingerprint density at radius 2 is 1.78 bits per heavy atom. The number of aromatic nitrogens is 2. The second-order valence-corrected chi connectivity index (χ2v) is 7.21. The van der Waals surface area contributed by atoms with E-state index in [0.29, 0.717) is 12.2 Å². The van der Waals surface area contributed by atoms with Crippen molar-refractivity contribution in [1.82, 2.24) is 19.6 Å². The molecule has 0 bridgehead atoms. The summed E-state index contributed by atoms with van der Waals surface area (Å²) in [5, 5.41) is 4.46. The molecular weight excluding hydrogens is 347 g/mol. The summed E-state index contributed by atoms with van der Waals surface area (Å²) >= 11 is 0. The summed E-state index contributed by atoms with van der Waals surface area (Å²) in [5.74, 6) is -0.311. The number of likely N-dealkylation sites (tertiary alicyclic amines) is 2. The maximum Gasteiger partial charge on any atom is 0.320 e. The van der Waals surface area contributed by atoms with E-state index in [-0.39, 0.29) is 23.4 Å². The van der Waals surface area contributed by atoms with Gasteiger partial charge in [-0.2, -0.15) is 5.10 Å². The maximum absolute atomic E-state index is 13.1. The summed E-state index contributed by atoms with van der Waals surface area (Å²) in [7, 11) is 0. The first-order chi connectivity index (χ1) is 13.1. The third-order valence-corrected chi connectivity index (χ3v) is 5.39. The molecule has 2 saturated heterocycles. The first-order valence-corrected chi connectivity index (χ1v) is 9.51. The largest absolute Gasteiger partial charge is 0.325 e. The standard InChI is InChI=1S/C20H23FN4O2/c21-16-7-5-15(6-8-16)18-9-10-19(26)25(22-18)14-17-4-3-13-24(17)20(27)23-11-1-2-12-23/h5-10,17H,1-4,11-14H2/t17-/m0/s1.